The van der Waals surface area contributed by atoms with Gasteiger partial charge in [0.05, 0.1) is 19.7 Å². The van der Waals surface area contributed by atoms with Crippen molar-refractivity contribution >= 4 is 17.5 Å². The number of nitrogens with zero attached hydrogens (tertiary/aromatic N) is 5. The Labute approximate surface area is 132 Å². The van der Waals surface area contributed by atoms with E-state index in [1.54, 1.807) is 18.0 Å². The molecule has 0 aromatic carbocycles. The minimum Gasteiger partial charge on any atom is -0.373 e. The lowest BCUT2D eigenvalue weighted by molar-refractivity contribution is -0.129. The molecule has 0 atom stereocenters. The Bertz CT molecular complexity index is 586. The van der Waals surface area contributed by atoms with Crippen LogP contribution in [0.25, 0.3) is 0 Å². The molecule has 3 heterocycles. The maximum Gasteiger partial charge on any atom is 0.288 e. The number of halogens is 2. The van der Waals surface area contributed by atoms with E-state index in [2.05, 4.69) is 9.97 Å². The fourth-order valence-corrected chi connectivity index (χ4v) is 2.63. The average Bonchev–Trinajstić information content (AvgIpc) is 2.71. The van der Waals surface area contributed by atoms with Crippen LogP contribution in [0.2, 0.25) is 0 Å². The molecule has 0 spiro atoms. The Hall–Kier alpha value is -2.03. The van der Waals surface area contributed by atoms with Gasteiger partial charge in [0, 0.05) is 32.7 Å². The van der Waals surface area contributed by atoms with Crippen LogP contribution in [-0.2, 0) is 9.53 Å². The maximum absolute atomic E-state index is 13.7. The highest BCUT2D eigenvalue weighted by Crippen LogP contribution is 2.24. The number of carbonyl (C=O) groups is 1. The number of aromatic nitrogens is 2. The lowest BCUT2D eigenvalue weighted by Gasteiger charge is -2.33. The molecule has 0 bridgehead atoms. The lowest BCUT2D eigenvalue weighted by atomic mass is 10.3. The molecule has 23 heavy (non-hydrogen) atoms. The normalized spacial score (nSPS) is 22.2. The van der Waals surface area contributed by atoms with Crippen LogP contribution < -0.4 is 9.80 Å². The molecule has 2 aliphatic rings. The van der Waals surface area contributed by atoms with Crippen molar-refractivity contribution in [2.45, 2.75) is 5.92 Å². The van der Waals surface area contributed by atoms with Gasteiger partial charge in [-0.15, -0.1) is 0 Å². The van der Waals surface area contributed by atoms with Gasteiger partial charge in [-0.25, -0.2) is 18.7 Å². The lowest BCUT2D eigenvalue weighted by Crippen LogP contribution is -2.49. The molecule has 2 aliphatic heterocycles. The molecule has 1 aromatic heterocycles. The van der Waals surface area contributed by atoms with Crippen molar-refractivity contribution in [3.8, 4) is 0 Å². The first-order valence-corrected chi connectivity index (χ1v) is 7.46. The second-order valence-corrected chi connectivity index (χ2v) is 5.80. The second-order valence-electron chi connectivity index (χ2n) is 5.80. The number of alkyl halides is 2. The standard InChI is InChI=1S/C14H19F2N5O2/c1-19-2-3-20(7-13(19)22)11-6-12(18-10-17-11)21-4-5-23-9-14(15,16)8-21/h6,10H,2-5,7-9H2,1H3. The number of anilines is 2. The first-order valence-electron chi connectivity index (χ1n) is 7.46. The molecular weight excluding hydrogens is 308 g/mol. The first-order chi connectivity index (χ1) is 10.9. The van der Waals surface area contributed by atoms with E-state index in [0.29, 0.717) is 31.3 Å². The molecule has 0 unspecified atom stereocenters. The Morgan fingerprint density at radius 3 is 2.65 bits per heavy atom. The molecule has 2 saturated heterocycles. The van der Waals surface area contributed by atoms with Crippen LogP contribution in [0.3, 0.4) is 0 Å². The van der Waals surface area contributed by atoms with Crippen LogP contribution in [0.4, 0.5) is 20.4 Å². The van der Waals surface area contributed by atoms with Gasteiger partial charge in [0.25, 0.3) is 5.92 Å². The molecule has 0 N–H and O–H groups in total. The highest BCUT2D eigenvalue weighted by Gasteiger charge is 2.35. The van der Waals surface area contributed by atoms with Crippen molar-refractivity contribution < 1.29 is 18.3 Å². The molecular formula is C14H19F2N5O2. The average molecular weight is 327 g/mol. The van der Waals surface area contributed by atoms with Crippen molar-refractivity contribution in [3.63, 3.8) is 0 Å². The highest BCUT2D eigenvalue weighted by atomic mass is 19.3. The molecule has 1 amide bonds. The number of hydrogen-bond acceptors (Lipinski definition) is 6. The number of amides is 1. The van der Waals surface area contributed by atoms with E-state index in [1.165, 1.54) is 11.2 Å². The quantitative estimate of drug-likeness (QED) is 0.775. The monoisotopic (exact) mass is 327 g/mol. The zero-order chi connectivity index (χ0) is 16.4. The third kappa shape index (κ3) is 3.66. The zero-order valence-corrected chi connectivity index (χ0v) is 12.9. The van der Waals surface area contributed by atoms with Crippen LogP contribution in [0.5, 0.6) is 0 Å². The van der Waals surface area contributed by atoms with Crippen LogP contribution in [0.15, 0.2) is 12.4 Å². The molecule has 0 radical (unpaired) electrons. The van der Waals surface area contributed by atoms with E-state index in [9.17, 15) is 13.6 Å². The van der Waals surface area contributed by atoms with Crippen molar-refractivity contribution in [1.29, 1.82) is 0 Å². The summed E-state index contributed by atoms with van der Waals surface area (Å²) in [7, 11) is 1.75. The zero-order valence-electron chi connectivity index (χ0n) is 12.9. The summed E-state index contributed by atoms with van der Waals surface area (Å²) in [5.74, 6) is -1.91. The summed E-state index contributed by atoms with van der Waals surface area (Å²) >= 11 is 0. The van der Waals surface area contributed by atoms with Crippen LogP contribution in [-0.4, -0.2) is 79.7 Å². The Morgan fingerprint density at radius 2 is 1.91 bits per heavy atom. The molecule has 126 valence electrons. The number of likely N-dealkylation sites (N-methyl/N-ethyl adjacent to an activating group) is 1. The third-order valence-electron chi connectivity index (χ3n) is 3.98. The van der Waals surface area contributed by atoms with Crippen molar-refractivity contribution in [3.05, 3.63) is 12.4 Å². The van der Waals surface area contributed by atoms with Crippen molar-refractivity contribution in [2.24, 2.45) is 0 Å². The predicted octanol–water partition coefficient (Wildman–Crippen LogP) is 0.227. The minimum atomic E-state index is -2.91. The van der Waals surface area contributed by atoms with E-state index in [0.717, 1.165) is 0 Å². The molecule has 3 rings (SSSR count). The number of piperazine rings is 1. The fourth-order valence-electron chi connectivity index (χ4n) is 2.63. The largest absolute Gasteiger partial charge is 0.373 e. The predicted molar refractivity (Wildman–Crippen MR) is 79.9 cm³/mol. The topological polar surface area (TPSA) is 61.8 Å². The van der Waals surface area contributed by atoms with Gasteiger partial charge < -0.3 is 19.4 Å². The molecule has 7 nitrogen and oxygen atoms in total. The summed E-state index contributed by atoms with van der Waals surface area (Å²) in [6.07, 6.45) is 1.34. The van der Waals surface area contributed by atoms with Gasteiger partial charge in [-0.05, 0) is 0 Å². The molecule has 0 aliphatic carbocycles. The number of rotatable bonds is 2. The number of hydrogen-bond donors (Lipinski definition) is 0. The minimum absolute atomic E-state index is 0.00566. The summed E-state index contributed by atoms with van der Waals surface area (Å²) in [5, 5.41) is 0. The van der Waals surface area contributed by atoms with Gasteiger partial charge in [-0.1, -0.05) is 0 Å². The van der Waals surface area contributed by atoms with Gasteiger partial charge in [-0.3, -0.25) is 4.79 Å². The molecule has 0 saturated carbocycles. The van der Waals surface area contributed by atoms with Crippen molar-refractivity contribution in [1.82, 2.24) is 14.9 Å². The Balaban J connectivity index is 1.78. The summed E-state index contributed by atoms with van der Waals surface area (Å²) in [6, 6.07) is 1.65. The third-order valence-corrected chi connectivity index (χ3v) is 3.98. The van der Waals surface area contributed by atoms with Gasteiger partial charge >= 0.3 is 0 Å². The maximum atomic E-state index is 13.7. The van der Waals surface area contributed by atoms with E-state index in [4.69, 9.17) is 4.74 Å². The Kier molecular flexibility index (Phi) is 4.29. The second kappa shape index (κ2) is 6.23. The van der Waals surface area contributed by atoms with Gasteiger partial charge in [-0.2, -0.15) is 0 Å². The molecule has 9 heteroatoms. The van der Waals surface area contributed by atoms with Crippen LogP contribution in [0, 0.1) is 0 Å². The summed E-state index contributed by atoms with van der Waals surface area (Å²) < 4.78 is 32.3. The SMILES string of the molecule is CN1CCN(c2cc(N3CCOCC(F)(F)C3)ncn2)CC1=O. The first kappa shape index (κ1) is 15.9. The summed E-state index contributed by atoms with van der Waals surface area (Å²) in [5.41, 5.74) is 0. The number of ether oxygens (including phenoxy) is 1. The summed E-state index contributed by atoms with van der Waals surface area (Å²) in [4.78, 5) is 25.1. The summed E-state index contributed by atoms with van der Waals surface area (Å²) in [6.45, 7) is 1.03. The van der Waals surface area contributed by atoms with E-state index in [1.807, 2.05) is 4.90 Å². The molecule has 1 aromatic rings. The van der Waals surface area contributed by atoms with Crippen LogP contribution in [0.1, 0.15) is 0 Å². The highest BCUT2D eigenvalue weighted by molar-refractivity contribution is 5.82. The van der Waals surface area contributed by atoms with E-state index in [-0.39, 0.29) is 19.1 Å². The van der Waals surface area contributed by atoms with Crippen LogP contribution >= 0.6 is 0 Å². The fraction of sp³-hybridized carbons (Fsp3) is 0.643. The van der Waals surface area contributed by atoms with Gasteiger partial charge in [0.2, 0.25) is 5.91 Å². The van der Waals surface area contributed by atoms with Crippen molar-refractivity contribution in [2.75, 3.05) is 62.8 Å². The van der Waals surface area contributed by atoms with Gasteiger partial charge in [0.15, 0.2) is 0 Å². The van der Waals surface area contributed by atoms with E-state index >= 15 is 0 Å². The van der Waals surface area contributed by atoms with Gasteiger partial charge in [0.1, 0.15) is 24.6 Å². The smallest absolute Gasteiger partial charge is 0.288 e. The Morgan fingerprint density at radius 1 is 1.17 bits per heavy atom. The molecule has 2 fully saturated rings. The van der Waals surface area contributed by atoms with E-state index < -0.39 is 19.1 Å². The number of carbonyl (C=O) groups excluding carboxylic acids is 1.